The van der Waals surface area contributed by atoms with Crippen molar-refractivity contribution in [2.24, 2.45) is 0 Å². The van der Waals surface area contributed by atoms with E-state index in [2.05, 4.69) is 0 Å². The van der Waals surface area contributed by atoms with Crippen LogP contribution in [0.4, 0.5) is 4.39 Å². The van der Waals surface area contributed by atoms with Crippen molar-refractivity contribution in [1.82, 2.24) is 9.21 Å². The zero-order chi connectivity index (χ0) is 18.0. The van der Waals surface area contributed by atoms with Crippen molar-refractivity contribution in [3.05, 3.63) is 29.6 Å². The van der Waals surface area contributed by atoms with E-state index in [0.717, 1.165) is 38.3 Å². The second kappa shape index (κ2) is 7.41. The van der Waals surface area contributed by atoms with Crippen molar-refractivity contribution < 1.29 is 17.6 Å². The van der Waals surface area contributed by atoms with Gasteiger partial charge in [-0.1, -0.05) is 12.5 Å². The number of nitrogens with zero attached hydrogens (tertiary/aromatic N) is 2. The van der Waals surface area contributed by atoms with Gasteiger partial charge in [0.05, 0.1) is 4.90 Å². The quantitative estimate of drug-likeness (QED) is 0.803. The number of hydrogen-bond acceptors (Lipinski definition) is 3. The van der Waals surface area contributed by atoms with Crippen LogP contribution in [-0.4, -0.2) is 49.2 Å². The Morgan fingerprint density at radius 2 is 2.00 bits per heavy atom. The number of rotatable bonds is 5. The number of amides is 1. The molecule has 7 heteroatoms. The summed E-state index contributed by atoms with van der Waals surface area (Å²) in [6.45, 7) is 3.43. The highest BCUT2D eigenvalue weighted by Gasteiger charge is 2.34. The van der Waals surface area contributed by atoms with Crippen LogP contribution in [-0.2, 0) is 14.8 Å². The van der Waals surface area contributed by atoms with Gasteiger partial charge in [0.1, 0.15) is 5.82 Å². The molecule has 0 N–H and O–H groups in total. The maximum Gasteiger partial charge on any atom is 0.243 e. The van der Waals surface area contributed by atoms with Crippen LogP contribution in [0.2, 0.25) is 0 Å². The normalized spacial score (nSPS) is 22.6. The van der Waals surface area contributed by atoms with Crippen LogP contribution in [0.3, 0.4) is 0 Å². The molecule has 3 rings (SSSR count). The molecule has 1 aromatic carbocycles. The van der Waals surface area contributed by atoms with E-state index in [0.29, 0.717) is 31.5 Å². The fraction of sp³-hybridized carbons (Fsp3) is 0.611. The fourth-order valence-corrected chi connectivity index (χ4v) is 5.43. The predicted octanol–water partition coefficient (Wildman–Crippen LogP) is 2.69. The van der Waals surface area contributed by atoms with Crippen molar-refractivity contribution in [2.75, 3.05) is 19.6 Å². The van der Waals surface area contributed by atoms with Gasteiger partial charge in [-0.15, -0.1) is 0 Å². The summed E-state index contributed by atoms with van der Waals surface area (Å²) in [4.78, 5) is 13.6. The first-order valence-corrected chi connectivity index (χ1v) is 10.4. The van der Waals surface area contributed by atoms with Gasteiger partial charge in [-0.05, 0) is 50.3 Å². The maximum atomic E-state index is 13.8. The number of sulfonamides is 1. The van der Waals surface area contributed by atoms with Crippen molar-refractivity contribution in [2.45, 2.75) is 56.4 Å². The molecular weight excluding hydrogens is 343 g/mol. The molecule has 2 heterocycles. The first kappa shape index (κ1) is 18.3. The first-order valence-electron chi connectivity index (χ1n) is 8.95. The number of benzene rings is 1. The van der Waals surface area contributed by atoms with Crippen molar-refractivity contribution in [3.63, 3.8) is 0 Å². The maximum absolute atomic E-state index is 13.8. The minimum absolute atomic E-state index is 0.0137. The number of likely N-dealkylation sites (tertiary alicyclic amines) is 1. The predicted molar refractivity (Wildman–Crippen MR) is 93.1 cm³/mol. The molecule has 2 fully saturated rings. The highest BCUT2D eigenvalue weighted by atomic mass is 32.2. The molecule has 1 amide bonds. The fourth-order valence-electron chi connectivity index (χ4n) is 3.69. The summed E-state index contributed by atoms with van der Waals surface area (Å²) in [6.07, 6.45) is 4.69. The van der Waals surface area contributed by atoms with Gasteiger partial charge >= 0.3 is 0 Å². The number of halogens is 1. The summed E-state index contributed by atoms with van der Waals surface area (Å²) >= 11 is 0. The third-order valence-corrected chi connectivity index (χ3v) is 7.17. The van der Waals surface area contributed by atoms with E-state index < -0.39 is 15.8 Å². The van der Waals surface area contributed by atoms with Gasteiger partial charge < -0.3 is 4.90 Å². The van der Waals surface area contributed by atoms with Gasteiger partial charge in [0.15, 0.2) is 0 Å². The Labute approximate surface area is 148 Å². The third-order valence-electron chi connectivity index (χ3n) is 5.23. The van der Waals surface area contributed by atoms with E-state index in [1.807, 2.05) is 4.90 Å². The summed E-state index contributed by atoms with van der Waals surface area (Å²) < 4.78 is 41.4. The number of aryl methyl sites for hydroxylation is 1. The number of carbonyl (C=O) groups is 1. The zero-order valence-corrected chi connectivity index (χ0v) is 15.4. The minimum atomic E-state index is -3.72. The van der Waals surface area contributed by atoms with Crippen molar-refractivity contribution >= 4 is 15.9 Å². The Morgan fingerprint density at radius 3 is 2.68 bits per heavy atom. The van der Waals surface area contributed by atoms with Gasteiger partial charge in [0.25, 0.3) is 0 Å². The van der Waals surface area contributed by atoms with E-state index in [-0.39, 0.29) is 16.8 Å². The Hall–Kier alpha value is -1.47. The molecule has 2 aliphatic heterocycles. The summed E-state index contributed by atoms with van der Waals surface area (Å²) in [5, 5.41) is 0. The van der Waals surface area contributed by atoms with E-state index in [4.69, 9.17) is 0 Å². The van der Waals surface area contributed by atoms with Crippen LogP contribution in [0.5, 0.6) is 0 Å². The van der Waals surface area contributed by atoms with Crippen LogP contribution in [0.25, 0.3) is 0 Å². The Morgan fingerprint density at radius 1 is 1.20 bits per heavy atom. The Bertz CT molecular complexity index is 751. The number of piperidine rings is 1. The third kappa shape index (κ3) is 3.87. The lowest BCUT2D eigenvalue weighted by molar-refractivity contribution is -0.127. The van der Waals surface area contributed by atoms with Gasteiger partial charge in [0.2, 0.25) is 15.9 Å². The molecule has 25 heavy (non-hydrogen) atoms. The van der Waals surface area contributed by atoms with E-state index in [1.54, 1.807) is 6.92 Å². The highest BCUT2D eigenvalue weighted by molar-refractivity contribution is 7.89. The molecule has 1 atom stereocenters. The topological polar surface area (TPSA) is 57.7 Å². The summed E-state index contributed by atoms with van der Waals surface area (Å²) in [6, 6.07) is 3.96. The van der Waals surface area contributed by atoms with E-state index in [9.17, 15) is 17.6 Å². The lowest BCUT2D eigenvalue weighted by atomic mass is 10.0. The van der Waals surface area contributed by atoms with E-state index >= 15 is 0 Å². The minimum Gasteiger partial charge on any atom is -0.343 e. The standard InChI is InChI=1S/C18H25FN2O3S/c1-14-7-8-16(13-17(14)19)25(23,24)21-11-3-2-5-15(21)9-12-20-10-4-6-18(20)22/h7-8,13,15H,2-6,9-12H2,1H3. The van der Waals surface area contributed by atoms with Gasteiger partial charge in [-0.25, -0.2) is 12.8 Å². The number of carbonyl (C=O) groups excluding carboxylic acids is 1. The van der Waals surface area contributed by atoms with Gasteiger partial charge in [-0.3, -0.25) is 4.79 Å². The lowest BCUT2D eigenvalue weighted by Gasteiger charge is -2.35. The molecule has 0 radical (unpaired) electrons. The molecule has 2 saturated heterocycles. The highest BCUT2D eigenvalue weighted by Crippen LogP contribution is 2.28. The van der Waals surface area contributed by atoms with Crippen LogP contribution >= 0.6 is 0 Å². The lowest BCUT2D eigenvalue weighted by Crippen LogP contribution is -2.45. The average Bonchev–Trinajstić information content (AvgIpc) is 3.00. The molecule has 0 aromatic heterocycles. The molecule has 0 bridgehead atoms. The molecule has 0 aliphatic carbocycles. The van der Waals surface area contributed by atoms with Gasteiger partial charge in [0, 0.05) is 32.1 Å². The Balaban J connectivity index is 1.76. The molecule has 0 saturated carbocycles. The molecule has 138 valence electrons. The van der Waals surface area contributed by atoms with Crippen LogP contribution in [0.1, 0.15) is 44.1 Å². The van der Waals surface area contributed by atoms with Crippen molar-refractivity contribution in [1.29, 1.82) is 0 Å². The molecular formula is C18H25FN2O3S. The second-order valence-electron chi connectivity index (χ2n) is 6.95. The second-order valence-corrected chi connectivity index (χ2v) is 8.84. The van der Waals surface area contributed by atoms with Gasteiger partial charge in [-0.2, -0.15) is 4.31 Å². The zero-order valence-electron chi connectivity index (χ0n) is 14.6. The molecule has 1 aromatic rings. The van der Waals surface area contributed by atoms with Crippen LogP contribution in [0.15, 0.2) is 23.1 Å². The molecule has 5 nitrogen and oxygen atoms in total. The SMILES string of the molecule is Cc1ccc(S(=O)(=O)N2CCCCC2CCN2CCCC2=O)cc1F. The van der Waals surface area contributed by atoms with Crippen LogP contribution in [0, 0.1) is 12.7 Å². The van der Waals surface area contributed by atoms with Crippen LogP contribution < -0.4 is 0 Å². The molecule has 0 spiro atoms. The van der Waals surface area contributed by atoms with E-state index in [1.165, 1.54) is 16.4 Å². The van der Waals surface area contributed by atoms with Crippen molar-refractivity contribution in [3.8, 4) is 0 Å². The largest absolute Gasteiger partial charge is 0.343 e. The number of hydrogen-bond donors (Lipinski definition) is 0. The monoisotopic (exact) mass is 368 g/mol. The molecule has 1 unspecified atom stereocenters. The summed E-state index contributed by atoms with van der Waals surface area (Å²) in [5.41, 5.74) is 0.432. The average molecular weight is 368 g/mol. The summed E-state index contributed by atoms with van der Waals surface area (Å²) in [7, 11) is -3.72. The summed E-state index contributed by atoms with van der Waals surface area (Å²) in [5.74, 6) is -0.344. The molecule has 2 aliphatic rings. The first-order chi connectivity index (χ1) is 11.9. The Kier molecular flexibility index (Phi) is 5.43. The smallest absolute Gasteiger partial charge is 0.243 e.